The fraction of sp³-hybridized carbons (Fsp3) is 0.550. The second kappa shape index (κ2) is 8.76. The smallest absolute Gasteiger partial charge is 0.338 e. The van der Waals surface area contributed by atoms with E-state index in [2.05, 4.69) is 11.4 Å². The lowest BCUT2D eigenvalue weighted by Gasteiger charge is -2.22. The SMILES string of the molecule is COc1cc(C(=O)OCC(=O)N[C@](C)(C#N)C2CC2)ccc1OCC(C)C. The van der Waals surface area contributed by atoms with Gasteiger partial charge in [-0.1, -0.05) is 13.8 Å². The van der Waals surface area contributed by atoms with E-state index in [1.807, 2.05) is 13.8 Å². The van der Waals surface area contributed by atoms with E-state index in [9.17, 15) is 14.9 Å². The molecule has 0 radical (unpaired) electrons. The number of nitrogens with zero attached hydrogens (tertiary/aromatic N) is 1. The molecule has 1 amide bonds. The van der Waals surface area contributed by atoms with Crippen LogP contribution in [0.3, 0.4) is 0 Å². The molecule has 7 heteroatoms. The molecule has 7 nitrogen and oxygen atoms in total. The highest BCUT2D eigenvalue weighted by Gasteiger charge is 2.43. The Hall–Kier alpha value is -2.75. The Kier molecular flexibility index (Phi) is 6.67. The second-order valence-corrected chi connectivity index (χ2v) is 7.28. The summed E-state index contributed by atoms with van der Waals surface area (Å²) in [6.45, 7) is 5.83. The summed E-state index contributed by atoms with van der Waals surface area (Å²) in [6.07, 6.45) is 1.82. The molecule has 0 saturated heterocycles. The maximum Gasteiger partial charge on any atom is 0.338 e. The molecule has 0 aromatic heterocycles. The molecule has 1 aliphatic carbocycles. The van der Waals surface area contributed by atoms with Crippen LogP contribution in [0.2, 0.25) is 0 Å². The molecule has 0 unspecified atom stereocenters. The van der Waals surface area contributed by atoms with E-state index in [0.717, 1.165) is 12.8 Å². The van der Waals surface area contributed by atoms with Crippen LogP contribution in [-0.2, 0) is 9.53 Å². The highest BCUT2D eigenvalue weighted by molar-refractivity contribution is 5.92. The minimum atomic E-state index is -0.915. The van der Waals surface area contributed by atoms with Crippen molar-refractivity contribution in [2.24, 2.45) is 11.8 Å². The topological polar surface area (TPSA) is 97.6 Å². The van der Waals surface area contributed by atoms with E-state index in [4.69, 9.17) is 14.2 Å². The minimum Gasteiger partial charge on any atom is -0.493 e. The van der Waals surface area contributed by atoms with Gasteiger partial charge in [0.05, 0.1) is 25.3 Å². The number of carbonyl (C=O) groups is 2. The third kappa shape index (κ3) is 5.61. The number of carbonyl (C=O) groups excluding carboxylic acids is 2. The standard InChI is InChI=1S/C20H26N2O5/c1-13(2)10-26-16-8-5-14(9-17(16)25-4)19(24)27-11-18(23)22-20(3,12-21)15-6-7-15/h5,8-9,13,15H,6-7,10-11H2,1-4H3,(H,22,23)/t20-/m1/s1. The molecule has 0 bridgehead atoms. The number of hydrogen-bond donors (Lipinski definition) is 1. The summed E-state index contributed by atoms with van der Waals surface area (Å²) in [5.41, 5.74) is -0.663. The van der Waals surface area contributed by atoms with Crippen molar-refractivity contribution >= 4 is 11.9 Å². The van der Waals surface area contributed by atoms with Crippen LogP contribution in [0.15, 0.2) is 18.2 Å². The maximum absolute atomic E-state index is 12.2. The summed E-state index contributed by atoms with van der Waals surface area (Å²) in [7, 11) is 1.49. The third-order valence-electron chi connectivity index (χ3n) is 4.33. The van der Waals surface area contributed by atoms with Gasteiger partial charge in [-0.25, -0.2) is 4.79 Å². The van der Waals surface area contributed by atoms with Crippen LogP contribution < -0.4 is 14.8 Å². The minimum absolute atomic E-state index is 0.157. The van der Waals surface area contributed by atoms with Crippen molar-refractivity contribution in [1.29, 1.82) is 5.26 Å². The van der Waals surface area contributed by atoms with Crippen LogP contribution in [0.5, 0.6) is 11.5 Å². The molecule has 1 saturated carbocycles. The Morgan fingerprint density at radius 3 is 2.59 bits per heavy atom. The molecule has 1 aromatic rings. The van der Waals surface area contributed by atoms with Gasteiger partial charge in [0, 0.05) is 0 Å². The molecular weight excluding hydrogens is 348 g/mol. The van der Waals surface area contributed by atoms with Crippen LogP contribution in [0.4, 0.5) is 0 Å². The number of methoxy groups -OCH3 is 1. The van der Waals surface area contributed by atoms with E-state index in [1.54, 1.807) is 19.1 Å². The normalized spacial score (nSPS) is 15.4. The van der Waals surface area contributed by atoms with Crippen LogP contribution in [0, 0.1) is 23.2 Å². The van der Waals surface area contributed by atoms with Crippen molar-refractivity contribution in [2.45, 2.75) is 39.2 Å². The van der Waals surface area contributed by atoms with E-state index >= 15 is 0 Å². The highest BCUT2D eigenvalue weighted by atomic mass is 16.5. The Bertz CT molecular complexity index is 736. The molecule has 0 aliphatic heterocycles. The zero-order chi connectivity index (χ0) is 20.0. The van der Waals surface area contributed by atoms with E-state index < -0.39 is 24.0 Å². The molecule has 0 heterocycles. The van der Waals surface area contributed by atoms with Gasteiger partial charge >= 0.3 is 5.97 Å². The number of nitriles is 1. The summed E-state index contributed by atoms with van der Waals surface area (Å²) >= 11 is 0. The number of esters is 1. The highest BCUT2D eigenvalue weighted by Crippen LogP contribution is 2.39. The summed E-state index contributed by atoms with van der Waals surface area (Å²) < 4.78 is 16.0. The number of benzene rings is 1. The average Bonchev–Trinajstić information content (AvgIpc) is 3.49. The summed E-state index contributed by atoms with van der Waals surface area (Å²) in [5, 5.41) is 11.9. The molecule has 27 heavy (non-hydrogen) atoms. The largest absolute Gasteiger partial charge is 0.493 e. The lowest BCUT2D eigenvalue weighted by Crippen LogP contribution is -2.48. The first-order chi connectivity index (χ1) is 12.8. The van der Waals surface area contributed by atoms with Gasteiger partial charge in [0.2, 0.25) is 0 Å². The van der Waals surface area contributed by atoms with Gasteiger partial charge in [-0.3, -0.25) is 4.79 Å². The quantitative estimate of drug-likeness (QED) is 0.668. The average molecular weight is 374 g/mol. The van der Waals surface area contributed by atoms with Crippen molar-refractivity contribution in [3.8, 4) is 17.6 Å². The van der Waals surface area contributed by atoms with Gasteiger partial charge in [0.25, 0.3) is 5.91 Å². The number of nitrogens with one attached hydrogen (secondary N) is 1. The van der Waals surface area contributed by atoms with E-state index in [1.165, 1.54) is 13.2 Å². The lowest BCUT2D eigenvalue weighted by atomic mass is 9.98. The summed E-state index contributed by atoms with van der Waals surface area (Å²) in [6, 6.07) is 6.84. The predicted molar refractivity (Wildman–Crippen MR) is 98.5 cm³/mol. The fourth-order valence-corrected chi connectivity index (χ4v) is 2.59. The number of ether oxygens (including phenoxy) is 3. The van der Waals surface area contributed by atoms with E-state index in [-0.39, 0.29) is 11.5 Å². The Morgan fingerprint density at radius 1 is 1.33 bits per heavy atom. The van der Waals surface area contributed by atoms with E-state index in [0.29, 0.717) is 24.0 Å². The van der Waals surface area contributed by atoms with Crippen molar-refractivity contribution in [2.75, 3.05) is 20.3 Å². The fourth-order valence-electron chi connectivity index (χ4n) is 2.59. The summed E-state index contributed by atoms with van der Waals surface area (Å²) in [5.74, 6) is 0.319. The first-order valence-electron chi connectivity index (χ1n) is 8.99. The molecule has 0 spiro atoms. The summed E-state index contributed by atoms with van der Waals surface area (Å²) in [4.78, 5) is 24.2. The number of amides is 1. The zero-order valence-electron chi connectivity index (χ0n) is 16.2. The van der Waals surface area contributed by atoms with Crippen LogP contribution in [0.1, 0.15) is 44.0 Å². The van der Waals surface area contributed by atoms with Crippen LogP contribution >= 0.6 is 0 Å². The van der Waals surface area contributed by atoms with Crippen LogP contribution in [0.25, 0.3) is 0 Å². The molecule has 146 valence electrons. The second-order valence-electron chi connectivity index (χ2n) is 7.28. The van der Waals surface area contributed by atoms with Gasteiger partial charge in [0.15, 0.2) is 18.1 Å². The first-order valence-corrected chi connectivity index (χ1v) is 8.99. The Balaban J connectivity index is 1.93. The number of rotatable bonds is 9. The van der Waals surface area contributed by atoms with Crippen molar-refractivity contribution in [3.05, 3.63) is 23.8 Å². The van der Waals surface area contributed by atoms with Crippen molar-refractivity contribution in [3.63, 3.8) is 0 Å². The van der Waals surface area contributed by atoms with Gasteiger partial charge in [-0.05, 0) is 49.8 Å². The lowest BCUT2D eigenvalue weighted by molar-refractivity contribution is -0.125. The van der Waals surface area contributed by atoms with Gasteiger partial charge < -0.3 is 19.5 Å². The maximum atomic E-state index is 12.2. The van der Waals surface area contributed by atoms with Crippen molar-refractivity contribution in [1.82, 2.24) is 5.32 Å². The Labute approximate surface area is 159 Å². The molecule has 1 aromatic carbocycles. The third-order valence-corrected chi connectivity index (χ3v) is 4.33. The van der Waals surface area contributed by atoms with Gasteiger partial charge in [-0.15, -0.1) is 0 Å². The molecule has 1 atom stereocenters. The Morgan fingerprint density at radius 2 is 2.04 bits per heavy atom. The molecular formula is C20H26N2O5. The van der Waals surface area contributed by atoms with Gasteiger partial charge in [0.1, 0.15) is 5.54 Å². The zero-order valence-corrected chi connectivity index (χ0v) is 16.2. The molecule has 1 aliphatic rings. The molecule has 1 N–H and O–H groups in total. The number of hydrogen-bond acceptors (Lipinski definition) is 6. The first kappa shape index (κ1) is 20.6. The van der Waals surface area contributed by atoms with Crippen molar-refractivity contribution < 1.29 is 23.8 Å². The van der Waals surface area contributed by atoms with Gasteiger partial charge in [-0.2, -0.15) is 5.26 Å². The molecule has 1 fully saturated rings. The monoisotopic (exact) mass is 374 g/mol. The molecule has 2 rings (SSSR count). The van der Waals surface area contributed by atoms with Crippen LogP contribution in [-0.4, -0.2) is 37.7 Å². The predicted octanol–water partition coefficient (Wildman–Crippen LogP) is 2.70.